The topological polar surface area (TPSA) is 86.4 Å². The van der Waals surface area contributed by atoms with Gasteiger partial charge in [0, 0.05) is 22.3 Å². The van der Waals surface area contributed by atoms with Crippen molar-refractivity contribution in [3.63, 3.8) is 0 Å². The molecule has 0 fully saturated rings. The monoisotopic (exact) mass is 522 g/mol. The fourth-order valence-corrected chi connectivity index (χ4v) is 4.82. The molecule has 38 heavy (non-hydrogen) atoms. The van der Waals surface area contributed by atoms with Gasteiger partial charge >= 0.3 is 0 Å². The lowest BCUT2D eigenvalue weighted by Gasteiger charge is -2.16. The molecule has 206 valence electrons. The normalized spacial score (nSPS) is 26.8. The van der Waals surface area contributed by atoms with Crippen molar-refractivity contribution in [2.24, 2.45) is 43.6 Å². The molecule has 0 amide bonds. The zero-order valence-electron chi connectivity index (χ0n) is 24.0. The standard InChI is InChI=1S/C30H42N4O4/c1-15(2)23-11-35-27(31-23)19-9-21(29-33-25(13-37-29)17(5)6)22(30-34-26(14-38-30)18(7)8)10-20(19)28-32-24(12-36-28)16(3)4/h9-10,15-18,23-26H,11-14H2,1-8H3/t23-,24-,25-,26-/m0/s1. The molecular weight excluding hydrogens is 480 g/mol. The minimum Gasteiger partial charge on any atom is -0.475 e. The molecule has 1 aromatic rings. The quantitative estimate of drug-likeness (QED) is 0.486. The average molecular weight is 523 g/mol. The second-order valence-corrected chi connectivity index (χ2v) is 12.2. The van der Waals surface area contributed by atoms with E-state index in [1.165, 1.54) is 0 Å². The Morgan fingerprint density at radius 2 is 0.658 bits per heavy atom. The van der Waals surface area contributed by atoms with Crippen molar-refractivity contribution in [2.75, 3.05) is 26.4 Å². The Labute approximate surface area is 226 Å². The largest absolute Gasteiger partial charge is 0.475 e. The van der Waals surface area contributed by atoms with Gasteiger partial charge in [0.05, 0.1) is 24.2 Å². The summed E-state index contributed by atoms with van der Waals surface area (Å²) in [6, 6.07) is 4.56. The van der Waals surface area contributed by atoms with E-state index in [0.717, 1.165) is 22.3 Å². The van der Waals surface area contributed by atoms with E-state index in [2.05, 4.69) is 67.5 Å². The molecule has 1 aromatic carbocycles. The summed E-state index contributed by atoms with van der Waals surface area (Å²) in [4.78, 5) is 19.8. The number of aliphatic imine (C=N–C) groups is 4. The van der Waals surface area contributed by atoms with Crippen molar-refractivity contribution in [1.82, 2.24) is 0 Å². The van der Waals surface area contributed by atoms with E-state index >= 15 is 0 Å². The van der Waals surface area contributed by atoms with Gasteiger partial charge in [0.25, 0.3) is 0 Å². The van der Waals surface area contributed by atoms with Crippen molar-refractivity contribution in [2.45, 2.75) is 79.6 Å². The first-order valence-corrected chi connectivity index (χ1v) is 14.1. The number of hydrogen-bond donors (Lipinski definition) is 0. The maximum Gasteiger partial charge on any atom is 0.217 e. The summed E-state index contributed by atoms with van der Waals surface area (Å²) in [6.07, 6.45) is 0. The summed E-state index contributed by atoms with van der Waals surface area (Å²) in [6.45, 7) is 19.6. The highest BCUT2D eigenvalue weighted by Gasteiger charge is 2.35. The summed E-state index contributed by atoms with van der Waals surface area (Å²) in [5, 5.41) is 0. The Kier molecular flexibility index (Phi) is 7.51. The molecule has 0 aromatic heterocycles. The number of hydrogen-bond acceptors (Lipinski definition) is 8. The molecule has 0 bridgehead atoms. The van der Waals surface area contributed by atoms with E-state index in [0.29, 0.717) is 73.7 Å². The maximum atomic E-state index is 6.18. The molecule has 4 aliphatic rings. The Bertz CT molecular complexity index is 1000. The molecule has 0 unspecified atom stereocenters. The Hall–Kier alpha value is -2.90. The van der Waals surface area contributed by atoms with Crippen LogP contribution >= 0.6 is 0 Å². The van der Waals surface area contributed by atoms with E-state index in [1.54, 1.807) is 0 Å². The molecule has 4 heterocycles. The van der Waals surface area contributed by atoms with Crippen LogP contribution in [0.1, 0.15) is 77.6 Å². The molecule has 0 aliphatic carbocycles. The summed E-state index contributed by atoms with van der Waals surface area (Å²) in [5.41, 5.74) is 3.36. The van der Waals surface area contributed by atoms with Crippen LogP contribution in [0.5, 0.6) is 0 Å². The highest BCUT2D eigenvalue weighted by atomic mass is 16.5. The highest BCUT2D eigenvalue weighted by Crippen LogP contribution is 2.31. The van der Waals surface area contributed by atoms with Crippen LogP contribution in [0.25, 0.3) is 0 Å². The van der Waals surface area contributed by atoms with E-state index in [1.807, 2.05) is 0 Å². The lowest BCUT2D eigenvalue weighted by molar-refractivity contribution is 0.288. The fourth-order valence-electron chi connectivity index (χ4n) is 4.82. The highest BCUT2D eigenvalue weighted by molar-refractivity contribution is 6.14. The summed E-state index contributed by atoms with van der Waals surface area (Å²) in [7, 11) is 0. The third-order valence-electron chi connectivity index (χ3n) is 7.85. The van der Waals surface area contributed by atoms with Crippen LogP contribution in [0.3, 0.4) is 0 Å². The molecule has 8 nitrogen and oxygen atoms in total. The van der Waals surface area contributed by atoms with Gasteiger partial charge in [-0.05, 0) is 35.8 Å². The first-order valence-electron chi connectivity index (χ1n) is 14.1. The summed E-state index contributed by atoms with van der Waals surface area (Å²) < 4.78 is 24.7. The molecule has 0 radical (unpaired) electrons. The van der Waals surface area contributed by atoms with Gasteiger partial charge in [-0.2, -0.15) is 0 Å². The minimum absolute atomic E-state index is 0.107. The van der Waals surface area contributed by atoms with Gasteiger partial charge in [0.2, 0.25) is 23.6 Å². The zero-order chi connectivity index (χ0) is 27.1. The number of rotatable bonds is 8. The van der Waals surface area contributed by atoms with Crippen molar-refractivity contribution in [3.05, 3.63) is 34.4 Å². The van der Waals surface area contributed by atoms with E-state index in [9.17, 15) is 0 Å². The Morgan fingerprint density at radius 3 is 0.816 bits per heavy atom. The first-order chi connectivity index (χ1) is 18.1. The fraction of sp³-hybridized carbons (Fsp3) is 0.667. The van der Waals surface area contributed by atoms with Crippen LogP contribution in [0.15, 0.2) is 32.1 Å². The van der Waals surface area contributed by atoms with Crippen LogP contribution in [0, 0.1) is 23.7 Å². The minimum atomic E-state index is 0.107. The molecule has 4 aliphatic heterocycles. The van der Waals surface area contributed by atoms with Gasteiger partial charge in [-0.15, -0.1) is 0 Å². The lowest BCUT2D eigenvalue weighted by atomic mass is 9.96. The van der Waals surface area contributed by atoms with Crippen molar-refractivity contribution in [1.29, 1.82) is 0 Å². The molecule has 4 atom stereocenters. The van der Waals surface area contributed by atoms with Gasteiger partial charge in [-0.25, -0.2) is 20.0 Å². The van der Waals surface area contributed by atoms with Crippen LogP contribution in [-0.2, 0) is 18.9 Å². The summed E-state index contributed by atoms with van der Waals surface area (Å²) >= 11 is 0. The first kappa shape index (κ1) is 26.7. The van der Waals surface area contributed by atoms with E-state index in [-0.39, 0.29) is 24.2 Å². The SMILES string of the molecule is CC(C)[C@@H]1COC(c2cc(C3=N[C@H](C(C)C)CO3)c(C3=N[C@H](C(C)C)CO3)cc2C2=N[C@H](C(C)C)CO2)=N1. The van der Waals surface area contributed by atoms with Gasteiger partial charge in [-0.3, -0.25) is 0 Å². The van der Waals surface area contributed by atoms with E-state index < -0.39 is 0 Å². The molecule has 5 rings (SSSR count). The third-order valence-corrected chi connectivity index (χ3v) is 7.85. The average Bonchev–Trinajstić information content (AvgIpc) is 3.69. The van der Waals surface area contributed by atoms with Crippen LogP contribution in [-0.4, -0.2) is 74.2 Å². The predicted molar refractivity (Wildman–Crippen MR) is 151 cm³/mol. The molecule has 0 N–H and O–H groups in total. The van der Waals surface area contributed by atoms with Gasteiger partial charge in [0.15, 0.2) is 0 Å². The van der Waals surface area contributed by atoms with Crippen molar-refractivity contribution >= 4 is 23.6 Å². The molecule has 0 saturated carbocycles. The third kappa shape index (κ3) is 5.19. The second-order valence-electron chi connectivity index (χ2n) is 12.2. The van der Waals surface area contributed by atoms with Gasteiger partial charge in [-0.1, -0.05) is 55.4 Å². The summed E-state index contributed by atoms with van der Waals surface area (Å²) in [5.74, 6) is 3.95. The van der Waals surface area contributed by atoms with Gasteiger partial charge < -0.3 is 18.9 Å². The van der Waals surface area contributed by atoms with E-state index in [4.69, 9.17) is 38.9 Å². The predicted octanol–water partition coefficient (Wildman–Crippen LogP) is 4.89. The molecule has 0 spiro atoms. The maximum absolute atomic E-state index is 6.18. The second kappa shape index (κ2) is 10.7. The lowest BCUT2D eigenvalue weighted by Crippen LogP contribution is -2.18. The van der Waals surface area contributed by atoms with Crippen LogP contribution < -0.4 is 0 Å². The zero-order valence-corrected chi connectivity index (χ0v) is 24.0. The van der Waals surface area contributed by atoms with Crippen molar-refractivity contribution in [3.8, 4) is 0 Å². The van der Waals surface area contributed by atoms with Crippen LogP contribution in [0.4, 0.5) is 0 Å². The number of ether oxygens (including phenoxy) is 4. The van der Waals surface area contributed by atoms with Crippen LogP contribution in [0.2, 0.25) is 0 Å². The number of benzene rings is 1. The molecular formula is C30H42N4O4. The smallest absolute Gasteiger partial charge is 0.217 e. The molecule has 0 saturated heterocycles. The number of nitrogens with zero attached hydrogens (tertiary/aromatic N) is 4. The Balaban J connectivity index is 1.69. The molecule has 8 heteroatoms. The Morgan fingerprint density at radius 1 is 0.447 bits per heavy atom. The van der Waals surface area contributed by atoms with Crippen molar-refractivity contribution < 1.29 is 18.9 Å². The van der Waals surface area contributed by atoms with Gasteiger partial charge in [0.1, 0.15) is 26.4 Å².